The van der Waals surface area contributed by atoms with Gasteiger partial charge in [-0.3, -0.25) is 0 Å². The Hall–Kier alpha value is -1.51. The number of hydrogen-bond donors (Lipinski definition) is 1. The highest BCUT2D eigenvalue weighted by atomic mass is 16.5. The van der Waals surface area contributed by atoms with Crippen molar-refractivity contribution in [1.82, 2.24) is 0 Å². The van der Waals surface area contributed by atoms with Gasteiger partial charge in [-0.05, 0) is 24.0 Å². The summed E-state index contributed by atoms with van der Waals surface area (Å²) in [7, 11) is 1.43. The molecule has 3 nitrogen and oxygen atoms in total. The predicted octanol–water partition coefficient (Wildman–Crippen LogP) is 2.15. The lowest BCUT2D eigenvalue weighted by Crippen LogP contribution is -2.35. The molecule has 80 valence electrons. The summed E-state index contributed by atoms with van der Waals surface area (Å²) in [4.78, 5) is 11.4. The topological polar surface area (TPSA) is 38.3 Å². The summed E-state index contributed by atoms with van der Waals surface area (Å²) in [6.45, 7) is 2.13. The molecule has 0 amide bonds. The second-order valence-corrected chi connectivity index (χ2v) is 3.94. The predicted molar refractivity (Wildman–Crippen MR) is 58.9 cm³/mol. The van der Waals surface area contributed by atoms with Crippen LogP contribution in [-0.4, -0.2) is 19.1 Å². The maximum atomic E-state index is 11.4. The van der Waals surface area contributed by atoms with Crippen LogP contribution in [0.2, 0.25) is 0 Å². The summed E-state index contributed by atoms with van der Waals surface area (Å²) in [5.74, 6) is 0.211. The first-order valence-corrected chi connectivity index (χ1v) is 5.15. The van der Waals surface area contributed by atoms with Crippen LogP contribution in [0.15, 0.2) is 24.3 Å². The first-order valence-electron chi connectivity index (χ1n) is 5.15. The Kier molecular flexibility index (Phi) is 2.62. The van der Waals surface area contributed by atoms with E-state index in [4.69, 9.17) is 4.74 Å². The third kappa shape index (κ3) is 1.82. The molecule has 0 aliphatic carbocycles. The van der Waals surface area contributed by atoms with E-state index in [9.17, 15) is 4.79 Å². The monoisotopic (exact) mass is 205 g/mol. The first kappa shape index (κ1) is 10.0. The smallest absolute Gasteiger partial charge is 0.328 e. The normalized spacial score (nSPS) is 23.9. The second kappa shape index (κ2) is 3.93. The molecule has 1 aromatic carbocycles. The van der Waals surface area contributed by atoms with Crippen molar-refractivity contribution in [2.24, 2.45) is 0 Å². The quantitative estimate of drug-likeness (QED) is 0.714. The van der Waals surface area contributed by atoms with Crippen molar-refractivity contribution in [1.29, 1.82) is 0 Å². The van der Waals surface area contributed by atoms with Gasteiger partial charge in [0.1, 0.15) is 6.04 Å². The van der Waals surface area contributed by atoms with Gasteiger partial charge in [-0.15, -0.1) is 0 Å². The molecule has 0 radical (unpaired) electrons. The average Bonchev–Trinajstić information content (AvgIpc) is 2.28. The van der Waals surface area contributed by atoms with Gasteiger partial charge in [0, 0.05) is 5.69 Å². The number of para-hydroxylation sites is 1. The molecule has 1 heterocycles. The minimum Gasteiger partial charge on any atom is -0.467 e. The summed E-state index contributed by atoms with van der Waals surface area (Å²) in [6.07, 6.45) is 0.795. The van der Waals surface area contributed by atoms with E-state index >= 15 is 0 Å². The van der Waals surface area contributed by atoms with Crippen LogP contribution in [0.5, 0.6) is 0 Å². The Bertz CT molecular complexity index is 376. The molecular weight excluding hydrogens is 190 g/mol. The molecule has 1 aliphatic heterocycles. The summed E-state index contributed by atoms with van der Waals surface area (Å²) in [5.41, 5.74) is 2.32. The Balaban J connectivity index is 2.26. The van der Waals surface area contributed by atoms with Gasteiger partial charge >= 0.3 is 5.97 Å². The summed E-state index contributed by atoms with van der Waals surface area (Å²) in [5, 5.41) is 3.20. The molecule has 0 aromatic heterocycles. The number of hydrogen-bond acceptors (Lipinski definition) is 3. The highest BCUT2D eigenvalue weighted by Gasteiger charge is 2.28. The van der Waals surface area contributed by atoms with E-state index in [2.05, 4.69) is 18.3 Å². The number of anilines is 1. The van der Waals surface area contributed by atoms with Crippen LogP contribution in [0.4, 0.5) is 5.69 Å². The zero-order valence-electron chi connectivity index (χ0n) is 8.99. The van der Waals surface area contributed by atoms with Crippen LogP contribution in [0, 0.1) is 0 Å². The first-order chi connectivity index (χ1) is 7.22. The number of esters is 1. The molecule has 15 heavy (non-hydrogen) atoms. The molecule has 0 spiro atoms. The van der Waals surface area contributed by atoms with E-state index in [1.165, 1.54) is 12.7 Å². The largest absolute Gasteiger partial charge is 0.467 e. The number of carbonyl (C=O) groups excluding carboxylic acids is 1. The Morgan fingerprint density at radius 1 is 1.47 bits per heavy atom. The summed E-state index contributed by atoms with van der Waals surface area (Å²) < 4.78 is 4.75. The van der Waals surface area contributed by atoms with Crippen LogP contribution in [0.3, 0.4) is 0 Å². The van der Waals surface area contributed by atoms with Gasteiger partial charge < -0.3 is 10.1 Å². The molecular formula is C12H15NO2. The Morgan fingerprint density at radius 2 is 2.20 bits per heavy atom. The van der Waals surface area contributed by atoms with Crippen molar-refractivity contribution < 1.29 is 9.53 Å². The molecule has 2 rings (SSSR count). The Morgan fingerprint density at radius 3 is 2.93 bits per heavy atom. The maximum absolute atomic E-state index is 11.4. The van der Waals surface area contributed by atoms with E-state index in [1.54, 1.807) is 0 Å². The fourth-order valence-corrected chi connectivity index (χ4v) is 2.08. The lowest BCUT2D eigenvalue weighted by Gasteiger charge is -2.29. The number of nitrogens with one attached hydrogen (secondary N) is 1. The van der Waals surface area contributed by atoms with Crippen molar-refractivity contribution >= 4 is 11.7 Å². The number of fused-ring (bicyclic) bond motifs is 1. The average molecular weight is 205 g/mol. The molecule has 0 saturated carbocycles. The highest BCUT2D eigenvalue weighted by molar-refractivity contribution is 5.80. The zero-order chi connectivity index (χ0) is 10.8. The minimum absolute atomic E-state index is 0.184. The zero-order valence-corrected chi connectivity index (χ0v) is 8.99. The van der Waals surface area contributed by atoms with Crippen LogP contribution in [0.1, 0.15) is 24.8 Å². The fraction of sp³-hybridized carbons (Fsp3) is 0.417. The molecule has 1 aliphatic rings. The van der Waals surface area contributed by atoms with Gasteiger partial charge in [-0.1, -0.05) is 25.1 Å². The number of carbonyl (C=O) groups is 1. The van der Waals surface area contributed by atoms with Gasteiger partial charge in [0.05, 0.1) is 7.11 Å². The van der Waals surface area contributed by atoms with Crippen molar-refractivity contribution in [2.75, 3.05) is 12.4 Å². The Labute approximate surface area is 89.4 Å². The lowest BCUT2D eigenvalue weighted by atomic mass is 9.88. The third-order valence-corrected chi connectivity index (χ3v) is 2.90. The van der Waals surface area contributed by atoms with Crippen LogP contribution in [0.25, 0.3) is 0 Å². The van der Waals surface area contributed by atoms with Gasteiger partial charge in [-0.25, -0.2) is 4.79 Å². The van der Waals surface area contributed by atoms with E-state index in [1.807, 2.05) is 18.2 Å². The number of methoxy groups -OCH3 is 1. The van der Waals surface area contributed by atoms with Crippen molar-refractivity contribution in [3.8, 4) is 0 Å². The molecule has 0 fully saturated rings. The van der Waals surface area contributed by atoms with Crippen LogP contribution < -0.4 is 5.32 Å². The maximum Gasteiger partial charge on any atom is 0.328 e. The molecule has 0 saturated heterocycles. The van der Waals surface area contributed by atoms with Crippen LogP contribution in [-0.2, 0) is 9.53 Å². The van der Waals surface area contributed by atoms with Crippen molar-refractivity contribution in [3.63, 3.8) is 0 Å². The molecule has 0 unspecified atom stereocenters. The minimum atomic E-state index is -0.208. The molecule has 1 N–H and O–H groups in total. The standard InChI is InChI=1S/C12H15NO2/c1-8-7-11(12(14)15-2)13-10-6-4-3-5-9(8)10/h3-6,8,11,13H,7H2,1-2H3/t8-,11+/m0/s1. The SMILES string of the molecule is COC(=O)[C@H]1C[C@H](C)c2ccccc2N1. The van der Waals surface area contributed by atoms with Crippen molar-refractivity contribution in [2.45, 2.75) is 25.3 Å². The van der Waals surface area contributed by atoms with E-state index in [0.29, 0.717) is 5.92 Å². The van der Waals surface area contributed by atoms with Gasteiger partial charge in [0.2, 0.25) is 0 Å². The van der Waals surface area contributed by atoms with Crippen molar-refractivity contribution in [3.05, 3.63) is 29.8 Å². The number of benzene rings is 1. The number of ether oxygens (including phenoxy) is 1. The third-order valence-electron chi connectivity index (χ3n) is 2.90. The number of rotatable bonds is 1. The summed E-state index contributed by atoms with van der Waals surface area (Å²) in [6, 6.07) is 7.88. The van der Waals surface area contributed by atoms with E-state index < -0.39 is 0 Å². The lowest BCUT2D eigenvalue weighted by molar-refractivity contribution is -0.141. The summed E-state index contributed by atoms with van der Waals surface area (Å²) >= 11 is 0. The van der Waals surface area contributed by atoms with Gasteiger partial charge in [-0.2, -0.15) is 0 Å². The second-order valence-electron chi connectivity index (χ2n) is 3.94. The molecule has 3 heteroatoms. The molecule has 0 bridgehead atoms. The van der Waals surface area contributed by atoms with Crippen LogP contribution >= 0.6 is 0 Å². The van der Waals surface area contributed by atoms with Gasteiger partial charge in [0.25, 0.3) is 0 Å². The van der Waals surface area contributed by atoms with E-state index in [0.717, 1.165) is 12.1 Å². The highest BCUT2D eigenvalue weighted by Crippen LogP contribution is 2.33. The van der Waals surface area contributed by atoms with Gasteiger partial charge in [0.15, 0.2) is 0 Å². The van der Waals surface area contributed by atoms with E-state index in [-0.39, 0.29) is 12.0 Å². The molecule has 1 aromatic rings. The molecule has 2 atom stereocenters. The fourth-order valence-electron chi connectivity index (χ4n) is 2.08.